The van der Waals surface area contributed by atoms with Crippen LogP contribution in [0, 0.1) is 0 Å². The molecule has 1 aliphatic heterocycles. The van der Waals surface area contributed by atoms with E-state index in [2.05, 4.69) is 15.2 Å². The largest absolute Gasteiger partial charge is 0.368 e. The maximum atomic E-state index is 12.4. The zero-order chi connectivity index (χ0) is 20.9. The summed E-state index contributed by atoms with van der Waals surface area (Å²) in [6, 6.07) is 14.9. The molecule has 4 rings (SSSR count). The standard InChI is InChI=1S/C23H26N4O3/c1-27-19-12-11-17(25-22(28)16-7-3-2-4-8-16)15-18(19)26-21(27)10-5-13-24-23(29)20-9-6-14-30-20/h2-4,7-8,11-12,15,20H,5-6,9-10,13-14H2,1H3,(H,24,29)(H,25,28). The molecule has 0 bridgehead atoms. The molecular formula is C23H26N4O3. The smallest absolute Gasteiger partial charge is 0.255 e. The molecule has 1 atom stereocenters. The van der Waals surface area contributed by atoms with Crippen LogP contribution in [0.5, 0.6) is 0 Å². The van der Waals surface area contributed by atoms with Crippen LogP contribution in [-0.2, 0) is 23.0 Å². The molecule has 156 valence electrons. The van der Waals surface area contributed by atoms with Crippen molar-refractivity contribution in [1.82, 2.24) is 14.9 Å². The fourth-order valence-electron chi connectivity index (χ4n) is 3.70. The molecule has 2 aromatic carbocycles. The second-order valence-corrected chi connectivity index (χ2v) is 7.51. The number of carbonyl (C=O) groups is 2. The highest BCUT2D eigenvalue weighted by molar-refractivity contribution is 6.04. The molecule has 0 spiro atoms. The van der Waals surface area contributed by atoms with E-state index >= 15 is 0 Å². The first-order valence-electron chi connectivity index (χ1n) is 10.3. The van der Waals surface area contributed by atoms with Gasteiger partial charge in [0.05, 0.1) is 11.0 Å². The summed E-state index contributed by atoms with van der Waals surface area (Å²) >= 11 is 0. The van der Waals surface area contributed by atoms with E-state index in [4.69, 9.17) is 9.72 Å². The number of aryl methyl sites for hydroxylation is 2. The first-order valence-corrected chi connectivity index (χ1v) is 10.3. The normalized spacial score (nSPS) is 16.0. The van der Waals surface area contributed by atoms with Crippen LogP contribution in [0.2, 0.25) is 0 Å². The van der Waals surface area contributed by atoms with E-state index in [0.29, 0.717) is 24.4 Å². The number of carbonyl (C=O) groups excluding carboxylic acids is 2. The lowest BCUT2D eigenvalue weighted by molar-refractivity contribution is -0.130. The van der Waals surface area contributed by atoms with Gasteiger partial charge in [-0.1, -0.05) is 18.2 Å². The van der Waals surface area contributed by atoms with Gasteiger partial charge >= 0.3 is 0 Å². The summed E-state index contributed by atoms with van der Waals surface area (Å²) in [5.74, 6) is 0.785. The van der Waals surface area contributed by atoms with Crippen molar-refractivity contribution < 1.29 is 14.3 Å². The maximum Gasteiger partial charge on any atom is 0.255 e. The van der Waals surface area contributed by atoms with Crippen molar-refractivity contribution in [2.45, 2.75) is 31.8 Å². The van der Waals surface area contributed by atoms with Crippen molar-refractivity contribution in [2.75, 3.05) is 18.5 Å². The number of hydrogen-bond donors (Lipinski definition) is 2. The summed E-state index contributed by atoms with van der Waals surface area (Å²) in [5, 5.41) is 5.87. The Hall–Kier alpha value is -3.19. The highest BCUT2D eigenvalue weighted by atomic mass is 16.5. The Morgan fingerprint density at radius 1 is 1.20 bits per heavy atom. The van der Waals surface area contributed by atoms with Gasteiger partial charge in [-0.3, -0.25) is 9.59 Å². The van der Waals surface area contributed by atoms with Gasteiger partial charge < -0.3 is 19.9 Å². The van der Waals surface area contributed by atoms with Crippen LogP contribution in [-0.4, -0.2) is 40.6 Å². The highest BCUT2D eigenvalue weighted by Crippen LogP contribution is 2.21. The summed E-state index contributed by atoms with van der Waals surface area (Å²) < 4.78 is 7.45. The molecule has 30 heavy (non-hydrogen) atoms. The summed E-state index contributed by atoms with van der Waals surface area (Å²) in [4.78, 5) is 29.1. The third-order valence-electron chi connectivity index (χ3n) is 5.37. The van der Waals surface area contributed by atoms with Crippen molar-refractivity contribution in [3.63, 3.8) is 0 Å². The third kappa shape index (κ3) is 4.52. The Balaban J connectivity index is 1.36. The Morgan fingerprint density at radius 2 is 2.03 bits per heavy atom. The van der Waals surface area contributed by atoms with Gasteiger partial charge in [0.1, 0.15) is 11.9 Å². The number of rotatable bonds is 7. The number of fused-ring (bicyclic) bond motifs is 1. The number of imidazole rings is 1. The average molecular weight is 406 g/mol. The molecule has 1 saturated heterocycles. The number of anilines is 1. The Labute approximate surface area is 175 Å². The minimum atomic E-state index is -0.287. The van der Waals surface area contributed by atoms with Gasteiger partial charge in [-0.25, -0.2) is 4.98 Å². The number of ether oxygens (including phenoxy) is 1. The fourth-order valence-corrected chi connectivity index (χ4v) is 3.70. The van der Waals surface area contributed by atoms with Gasteiger partial charge in [-0.05, 0) is 49.6 Å². The summed E-state index contributed by atoms with van der Waals surface area (Å²) in [6.07, 6.45) is 3.02. The van der Waals surface area contributed by atoms with Crippen LogP contribution in [0.15, 0.2) is 48.5 Å². The number of benzene rings is 2. The van der Waals surface area contributed by atoms with E-state index in [1.165, 1.54) is 0 Å². The summed E-state index contributed by atoms with van der Waals surface area (Å²) in [6.45, 7) is 1.27. The molecule has 1 fully saturated rings. The SMILES string of the molecule is Cn1c(CCCNC(=O)C2CCCO2)nc2cc(NC(=O)c3ccccc3)ccc21. The molecule has 1 aromatic heterocycles. The van der Waals surface area contributed by atoms with Gasteiger partial charge in [0.25, 0.3) is 5.91 Å². The molecule has 2 heterocycles. The molecule has 0 radical (unpaired) electrons. The van der Waals surface area contributed by atoms with Crippen molar-refractivity contribution in [3.8, 4) is 0 Å². The lowest BCUT2D eigenvalue weighted by Gasteiger charge is -2.10. The Bertz CT molecular complexity index is 1040. The van der Waals surface area contributed by atoms with E-state index in [-0.39, 0.29) is 17.9 Å². The van der Waals surface area contributed by atoms with Crippen LogP contribution < -0.4 is 10.6 Å². The Morgan fingerprint density at radius 3 is 2.80 bits per heavy atom. The topological polar surface area (TPSA) is 85.2 Å². The van der Waals surface area contributed by atoms with Crippen molar-refractivity contribution in [1.29, 1.82) is 0 Å². The highest BCUT2D eigenvalue weighted by Gasteiger charge is 2.22. The second-order valence-electron chi connectivity index (χ2n) is 7.51. The number of nitrogens with zero attached hydrogens (tertiary/aromatic N) is 2. The molecule has 7 nitrogen and oxygen atoms in total. The molecule has 0 saturated carbocycles. The first-order chi connectivity index (χ1) is 14.6. The number of aromatic nitrogens is 2. The quantitative estimate of drug-likeness (QED) is 0.591. The van der Waals surface area contributed by atoms with Gasteiger partial charge in [0.15, 0.2) is 0 Å². The predicted octanol–water partition coefficient (Wildman–Crippen LogP) is 3.05. The molecule has 0 aliphatic carbocycles. The minimum Gasteiger partial charge on any atom is -0.368 e. The lowest BCUT2D eigenvalue weighted by atomic mass is 10.2. The second kappa shape index (κ2) is 9.09. The van der Waals surface area contributed by atoms with Crippen LogP contribution in [0.3, 0.4) is 0 Å². The lowest BCUT2D eigenvalue weighted by Crippen LogP contribution is -2.34. The Kier molecular flexibility index (Phi) is 6.09. The van der Waals surface area contributed by atoms with Crippen molar-refractivity contribution >= 4 is 28.5 Å². The molecule has 7 heteroatoms. The van der Waals surface area contributed by atoms with Crippen molar-refractivity contribution in [2.24, 2.45) is 7.05 Å². The van der Waals surface area contributed by atoms with E-state index in [1.807, 2.05) is 43.4 Å². The van der Waals surface area contributed by atoms with Gasteiger partial charge in [-0.15, -0.1) is 0 Å². The van der Waals surface area contributed by atoms with Gasteiger partial charge in [-0.2, -0.15) is 0 Å². The summed E-state index contributed by atoms with van der Waals surface area (Å²) in [5.41, 5.74) is 3.17. The molecule has 3 aromatic rings. The fraction of sp³-hybridized carbons (Fsp3) is 0.348. The maximum absolute atomic E-state index is 12.4. The van der Waals surface area contributed by atoms with Crippen LogP contribution >= 0.6 is 0 Å². The summed E-state index contributed by atoms with van der Waals surface area (Å²) in [7, 11) is 1.98. The van der Waals surface area contributed by atoms with E-state index < -0.39 is 0 Å². The molecule has 2 amide bonds. The van der Waals surface area contributed by atoms with Gasteiger partial charge in [0, 0.05) is 37.9 Å². The predicted molar refractivity (Wildman–Crippen MR) is 115 cm³/mol. The third-order valence-corrected chi connectivity index (χ3v) is 5.37. The zero-order valence-electron chi connectivity index (χ0n) is 17.1. The van der Waals surface area contributed by atoms with Crippen LogP contribution in [0.25, 0.3) is 11.0 Å². The number of nitrogens with one attached hydrogen (secondary N) is 2. The van der Waals surface area contributed by atoms with E-state index in [1.54, 1.807) is 12.1 Å². The zero-order valence-corrected chi connectivity index (χ0v) is 17.1. The average Bonchev–Trinajstić information content (AvgIpc) is 3.40. The van der Waals surface area contributed by atoms with E-state index in [9.17, 15) is 9.59 Å². The van der Waals surface area contributed by atoms with Crippen LogP contribution in [0.1, 0.15) is 35.4 Å². The number of hydrogen-bond acceptors (Lipinski definition) is 4. The first kappa shape index (κ1) is 20.1. The monoisotopic (exact) mass is 406 g/mol. The number of amides is 2. The van der Waals surface area contributed by atoms with Crippen LogP contribution in [0.4, 0.5) is 5.69 Å². The molecular weight excluding hydrogens is 380 g/mol. The van der Waals surface area contributed by atoms with Gasteiger partial charge in [0.2, 0.25) is 5.91 Å². The minimum absolute atomic E-state index is 0.0173. The molecule has 1 unspecified atom stereocenters. The van der Waals surface area contributed by atoms with Crippen molar-refractivity contribution in [3.05, 3.63) is 59.9 Å². The van der Waals surface area contributed by atoms with E-state index in [0.717, 1.165) is 42.5 Å². The molecule has 2 N–H and O–H groups in total. The molecule has 1 aliphatic rings.